The van der Waals surface area contributed by atoms with Gasteiger partial charge in [-0.25, -0.2) is 19.9 Å². The highest BCUT2D eigenvalue weighted by molar-refractivity contribution is 7.14. The molecule has 0 aliphatic carbocycles. The minimum absolute atomic E-state index is 0.238. The van der Waals surface area contributed by atoms with E-state index < -0.39 is 0 Å². The molecule has 0 aliphatic heterocycles. The highest BCUT2D eigenvalue weighted by Gasteiger charge is 2.18. The fourth-order valence-electron chi connectivity index (χ4n) is 3.67. The molecule has 152 valence electrons. The van der Waals surface area contributed by atoms with Crippen molar-refractivity contribution in [3.63, 3.8) is 0 Å². The molecule has 6 aromatic heterocycles. The lowest BCUT2D eigenvalue weighted by molar-refractivity contribution is 0.657. The quantitative estimate of drug-likeness (QED) is 0.431. The van der Waals surface area contributed by atoms with E-state index in [1.807, 2.05) is 36.9 Å². The maximum atomic E-state index is 13.6. The van der Waals surface area contributed by atoms with Crippen molar-refractivity contribution in [3.05, 3.63) is 53.8 Å². The molecular formula is C21H15FN8S. The molecule has 0 aliphatic rings. The highest BCUT2D eigenvalue weighted by Crippen LogP contribution is 2.34. The summed E-state index contributed by atoms with van der Waals surface area (Å²) >= 11 is 1.08. The lowest BCUT2D eigenvalue weighted by atomic mass is 10.1. The van der Waals surface area contributed by atoms with Crippen LogP contribution in [-0.4, -0.2) is 39.7 Å². The Bertz CT molecular complexity index is 1590. The number of pyridine rings is 2. The number of fused-ring (bicyclic) bond motifs is 2. The Labute approximate surface area is 178 Å². The van der Waals surface area contributed by atoms with Crippen LogP contribution in [0.15, 0.2) is 42.9 Å². The van der Waals surface area contributed by atoms with Gasteiger partial charge in [0.15, 0.2) is 22.2 Å². The summed E-state index contributed by atoms with van der Waals surface area (Å²) in [6.07, 6.45) is 5.31. The molecule has 0 amide bonds. The summed E-state index contributed by atoms with van der Waals surface area (Å²) in [5.74, 6) is 1.49. The summed E-state index contributed by atoms with van der Waals surface area (Å²) in [7, 11) is 1.97. The molecule has 6 rings (SSSR count). The van der Waals surface area contributed by atoms with E-state index in [0.29, 0.717) is 28.3 Å². The van der Waals surface area contributed by atoms with Crippen LogP contribution < -0.4 is 0 Å². The number of nitrogens with zero attached hydrogens (tertiary/aromatic N) is 6. The van der Waals surface area contributed by atoms with Crippen molar-refractivity contribution in [2.75, 3.05) is 0 Å². The van der Waals surface area contributed by atoms with E-state index >= 15 is 0 Å². The first kappa shape index (κ1) is 17.9. The first-order chi connectivity index (χ1) is 15.1. The Morgan fingerprint density at radius 3 is 2.74 bits per heavy atom. The van der Waals surface area contributed by atoms with Crippen LogP contribution in [0.25, 0.3) is 55.4 Å². The fraction of sp³-hybridized carbons (Fsp3) is 0.0952. The first-order valence-corrected chi connectivity index (χ1v) is 10.3. The number of hydrogen-bond donors (Lipinski definition) is 2. The van der Waals surface area contributed by atoms with E-state index in [1.54, 1.807) is 18.5 Å². The predicted molar refractivity (Wildman–Crippen MR) is 117 cm³/mol. The summed E-state index contributed by atoms with van der Waals surface area (Å²) in [6, 6.07) is 7.06. The van der Waals surface area contributed by atoms with Crippen LogP contribution in [0.1, 0.15) is 5.82 Å². The van der Waals surface area contributed by atoms with Gasteiger partial charge in [0, 0.05) is 35.4 Å². The minimum atomic E-state index is -0.238. The summed E-state index contributed by atoms with van der Waals surface area (Å²) < 4.78 is 15.6. The van der Waals surface area contributed by atoms with E-state index in [0.717, 1.165) is 44.2 Å². The lowest BCUT2D eigenvalue weighted by Gasteiger charge is -2.03. The van der Waals surface area contributed by atoms with Gasteiger partial charge in [0.1, 0.15) is 17.0 Å². The molecule has 0 aromatic carbocycles. The second-order valence-electron chi connectivity index (χ2n) is 7.19. The molecule has 0 saturated heterocycles. The molecule has 6 heterocycles. The summed E-state index contributed by atoms with van der Waals surface area (Å²) in [6.45, 7) is 1.96. The molecule has 0 unspecified atom stereocenters. The molecular weight excluding hydrogens is 415 g/mol. The number of aromatic nitrogens is 8. The Hall–Kier alpha value is -3.92. The zero-order valence-electron chi connectivity index (χ0n) is 16.5. The monoisotopic (exact) mass is 430 g/mol. The molecule has 0 radical (unpaired) electrons. The zero-order valence-corrected chi connectivity index (χ0v) is 17.3. The van der Waals surface area contributed by atoms with Crippen molar-refractivity contribution < 1.29 is 4.39 Å². The number of hydrogen-bond acceptors (Lipinski definition) is 6. The van der Waals surface area contributed by atoms with E-state index in [9.17, 15) is 4.39 Å². The molecule has 8 nitrogen and oxygen atoms in total. The topological polar surface area (TPSA) is 101 Å². The van der Waals surface area contributed by atoms with Crippen LogP contribution in [0.3, 0.4) is 0 Å². The number of aromatic amines is 2. The van der Waals surface area contributed by atoms with Gasteiger partial charge in [-0.15, -0.1) is 11.3 Å². The van der Waals surface area contributed by atoms with Gasteiger partial charge in [-0.3, -0.25) is 5.10 Å². The van der Waals surface area contributed by atoms with Crippen LogP contribution in [-0.2, 0) is 7.05 Å². The normalized spacial score (nSPS) is 11.7. The van der Waals surface area contributed by atoms with E-state index in [-0.39, 0.29) is 5.13 Å². The third-order valence-electron chi connectivity index (χ3n) is 5.38. The van der Waals surface area contributed by atoms with E-state index in [1.165, 1.54) is 6.07 Å². The maximum Gasteiger partial charge on any atom is 0.176 e. The number of aryl methyl sites for hydroxylation is 1. The Morgan fingerprint density at radius 2 is 1.97 bits per heavy atom. The number of halogens is 1. The summed E-state index contributed by atoms with van der Waals surface area (Å²) in [4.78, 5) is 22.1. The van der Waals surface area contributed by atoms with Crippen molar-refractivity contribution >= 4 is 33.5 Å². The van der Waals surface area contributed by atoms with Crippen molar-refractivity contribution in [2.24, 2.45) is 7.05 Å². The summed E-state index contributed by atoms with van der Waals surface area (Å²) in [5, 5.41) is 8.00. The molecule has 0 atom stereocenters. The number of nitrogens with one attached hydrogen (secondary N) is 2. The van der Waals surface area contributed by atoms with Gasteiger partial charge in [0.05, 0.1) is 17.3 Å². The van der Waals surface area contributed by atoms with Crippen molar-refractivity contribution in [2.45, 2.75) is 6.92 Å². The Balaban J connectivity index is 1.52. The van der Waals surface area contributed by atoms with Gasteiger partial charge >= 0.3 is 0 Å². The minimum Gasteiger partial charge on any atom is -0.331 e. The predicted octanol–water partition coefficient (Wildman–Crippen LogP) is 4.47. The van der Waals surface area contributed by atoms with Crippen LogP contribution in [0, 0.1) is 12.1 Å². The van der Waals surface area contributed by atoms with E-state index in [2.05, 4.69) is 30.1 Å². The van der Waals surface area contributed by atoms with Crippen molar-refractivity contribution in [1.82, 2.24) is 39.7 Å². The van der Waals surface area contributed by atoms with Crippen LogP contribution in [0.5, 0.6) is 0 Å². The zero-order chi connectivity index (χ0) is 21.1. The van der Waals surface area contributed by atoms with Crippen LogP contribution in [0.2, 0.25) is 0 Å². The van der Waals surface area contributed by atoms with Crippen molar-refractivity contribution in [1.29, 1.82) is 0 Å². The third-order valence-corrected chi connectivity index (χ3v) is 6.29. The molecule has 0 spiro atoms. The smallest absolute Gasteiger partial charge is 0.176 e. The molecule has 31 heavy (non-hydrogen) atoms. The number of rotatable bonds is 3. The highest BCUT2D eigenvalue weighted by atomic mass is 32.1. The van der Waals surface area contributed by atoms with Gasteiger partial charge in [-0.1, -0.05) is 0 Å². The SMILES string of the molecule is Cc1ncc(-c2cnc3[nH]nc(-c4nc5c(-c6ccc(F)s6)ccnc5[nH]4)c3c2)n1C. The molecule has 0 fully saturated rings. The van der Waals surface area contributed by atoms with Gasteiger partial charge in [-0.2, -0.15) is 9.49 Å². The second-order valence-corrected chi connectivity index (χ2v) is 8.22. The molecule has 0 bridgehead atoms. The Morgan fingerprint density at radius 1 is 1.06 bits per heavy atom. The largest absolute Gasteiger partial charge is 0.331 e. The average molecular weight is 430 g/mol. The molecule has 6 aromatic rings. The van der Waals surface area contributed by atoms with Gasteiger partial charge in [-0.05, 0) is 31.2 Å². The van der Waals surface area contributed by atoms with Gasteiger partial charge < -0.3 is 9.55 Å². The van der Waals surface area contributed by atoms with Crippen LogP contribution >= 0.6 is 11.3 Å². The van der Waals surface area contributed by atoms with Gasteiger partial charge in [0.2, 0.25) is 0 Å². The number of thiophene rings is 1. The fourth-order valence-corrected chi connectivity index (χ4v) is 4.43. The first-order valence-electron chi connectivity index (χ1n) is 9.52. The Kier molecular flexibility index (Phi) is 3.78. The maximum absolute atomic E-state index is 13.6. The van der Waals surface area contributed by atoms with E-state index in [4.69, 9.17) is 4.98 Å². The standard InChI is InChI=1S/C21H15FN8S/c1-10-24-9-14(30(10)2)11-7-13-18(28-29-19(13)25-8-11)21-26-17-12(5-6-23-20(17)27-21)15-3-4-16(22)31-15/h3-9H,1-2H3,(H,23,26,27)(H,25,28,29). The van der Waals surface area contributed by atoms with Gasteiger partial charge in [0.25, 0.3) is 0 Å². The third kappa shape index (κ3) is 2.76. The number of H-pyrrole nitrogens is 2. The summed E-state index contributed by atoms with van der Waals surface area (Å²) in [5.41, 5.74) is 5.31. The average Bonchev–Trinajstić information content (AvgIpc) is 3.54. The molecule has 10 heteroatoms. The second kappa shape index (κ2) is 6.54. The lowest BCUT2D eigenvalue weighted by Crippen LogP contribution is -1.94. The van der Waals surface area contributed by atoms with Crippen LogP contribution in [0.4, 0.5) is 4.39 Å². The molecule has 2 N–H and O–H groups in total. The number of imidazole rings is 2. The van der Waals surface area contributed by atoms with Crippen molar-refractivity contribution in [3.8, 4) is 33.2 Å². The molecule has 0 saturated carbocycles.